The normalized spacial score (nSPS) is 15.7. The number of hydrogen-bond acceptors (Lipinski definition) is 7. The molecular weight excluding hydrogens is 319 g/mol. The molecule has 10 heteroatoms. The first-order valence-electron chi connectivity index (χ1n) is 5.91. The monoisotopic (exact) mass is 335 g/mol. The number of hydrogen-bond donors (Lipinski definition) is 1. The molecule has 0 aliphatic carbocycles. The van der Waals surface area contributed by atoms with Crippen LogP contribution in [-0.2, 0) is 17.4 Å². The Morgan fingerprint density at radius 1 is 1.30 bits per heavy atom. The van der Waals surface area contributed by atoms with Crippen LogP contribution in [0.2, 0.25) is 0 Å². The van der Waals surface area contributed by atoms with Gasteiger partial charge in [0.1, 0.15) is 0 Å². The van der Waals surface area contributed by atoms with E-state index in [9.17, 15) is 14.4 Å². The minimum absolute atomic E-state index is 0. The molecular formula is C10H16N3Na2O3PS. The molecule has 0 fully saturated rings. The summed E-state index contributed by atoms with van der Waals surface area (Å²) in [6.07, 6.45) is 1.90. The van der Waals surface area contributed by atoms with Crippen molar-refractivity contribution in [2.24, 2.45) is 0 Å². The van der Waals surface area contributed by atoms with E-state index in [0.717, 1.165) is 31.6 Å². The molecule has 1 aromatic heterocycles. The molecule has 1 aliphatic rings. The summed E-state index contributed by atoms with van der Waals surface area (Å²) in [5.41, 5.74) is 6.73. The van der Waals surface area contributed by atoms with E-state index < -0.39 is 7.60 Å². The Balaban J connectivity index is 0.00000180. The van der Waals surface area contributed by atoms with Crippen molar-refractivity contribution in [1.29, 1.82) is 0 Å². The average molecular weight is 335 g/mol. The Hall–Kier alpha value is 1.54. The molecule has 0 saturated carbocycles. The van der Waals surface area contributed by atoms with Gasteiger partial charge in [0.15, 0.2) is 5.13 Å². The fraction of sp³-hybridized carbons (Fsp3) is 0.700. The Bertz CT molecular complexity index is 443. The Labute approximate surface area is 167 Å². The minimum Gasteiger partial charge on any atom is -0.811 e. The van der Waals surface area contributed by atoms with Crippen LogP contribution in [0.4, 0.5) is 5.13 Å². The van der Waals surface area contributed by atoms with Gasteiger partial charge in [-0.3, -0.25) is 0 Å². The maximum atomic E-state index is 10.5. The second kappa shape index (κ2) is 9.63. The molecule has 2 rings (SSSR count). The molecule has 0 aromatic carbocycles. The predicted molar refractivity (Wildman–Crippen MR) is 67.5 cm³/mol. The van der Waals surface area contributed by atoms with E-state index in [2.05, 4.69) is 9.88 Å². The van der Waals surface area contributed by atoms with Crippen molar-refractivity contribution in [2.45, 2.75) is 19.3 Å². The zero-order chi connectivity index (χ0) is 13.2. The first-order valence-corrected chi connectivity index (χ1v) is 8.46. The zero-order valence-corrected chi connectivity index (χ0v) is 17.7. The Kier molecular flexibility index (Phi) is 10.4. The van der Waals surface area contributed by atoms with Gasteiger partial charge in [-0.1, -0.05) is 7.60 Å². The fourth-order valence-electron chi connectivity index (χ4n) is 2.14. The predicted octanol–water partition coefficient (Wildman–Crippen LogP) is -6.56. The van der Waals surface area contributed by atoms with Crippen LogP contribution in [-0.4, -0.2) is 35.7 Å². The van der Waals surface area contributed by atoms with Crippen molar-refractivity contribution in [3.8, 4) is 0 Å². The van der Waals surface area contributed by atoms with E-state index in [1.165, 1.54) is 16.2 Å². The SMILES string of the molecule is Nc1nc2c(s1)CCN(CCCP(=O)([O-])[O-])CC2.[Na+].[Na+]. The van der Waals surface area contributed by atoms with Gasteiger partial charge >= 0.3 is 59.1 Å². The van der Waals surface area contributed by atoms with Crippen molar-refractivity contribution >= 4 is 24.1 Å². The molecule has 0 radical (unpaired) electrons. The van der Waals surface area contributed by atoms with Gasteiger partial charge in [-0.2, -0.15) is 0 Å². The number of anilines is 1. The van der Waals surface area contributed by atoms with Crippen LogP contribution in [0.15, 0.2) is 0 Å². The molecule has 0 spiro atoms. The maximum Gasteiger partial charge on any atom is 1.00 e. The largest absolute Gasteiger partial charge is 1.00 e. The molecule has 0 saturated heterocycles. The number of thiazole rings is 1. The number of rotatable bonds is 4. The summed E-state index contributed by atoms with van der Waals surface area (Å²) in [6, 6.07) is 0. The van der Waals surface area contributed by atoms with Gasteiger partial charge < -0.3 is 25.0 Å². The standard InChI is InChI=1S/C10H18N3O3PS.2Na/c11-10-12-8-2-5-13(6-3-9(8)18-10)4-1-7-17(14,15)16;;/h1-7H2,(H2,11,12)(H2,14,15,16);;/q;2*+1/p-2. The summed E-state index contributed by atoms with van der Waals surface area (Å²) >= 11 is 1.53. The first-order chi connectivity index (χ1) is 8.44. The third-order valence-electron chi connectivity index (χ3n) is 3.02. The van der Waals surface area contributed by atoms with Crippen LogP contribution in [0.5, 0.6) is 0 Å². The second-order valence-corrected chi connectivity index (χ2v) is 7.24. The summed E-state index contributed by atoms with van der Waals surface area (Å²) in [7, 11) is -4.35. The topological polar surface area (TPSA) is 105 Å². The molecule has 0 unspecified atom stereocenters. The molecule has 0 atom stereocenters. The van der Waals surface area contributed by atoms with Gasteiger partial charge in [-0.25, -0.2) is 4.98 Å². The van der Waals surface area contributed by atoms with E-state index in [-0.39, 0.29) is 65.3 Å². The number of nitrogens with zero attached hydrogens (tertiary/aromatic N) is 2. The molecule has 20 heavy (non-hydrogen) atoms. The quantitative estimate of drug-likeness (QED) is 0.433. The second-order valence-electron chi connectivity index (χ2n) is 4.45. The molecule has 6 nitrogen and oxygen atoms in total. The van der Waals surface area contributed by atoms with Gasteiger partial charge in [0.25, 0.3) is 0 Å². The average Bonchev–Trinajstić information content (AvgIpc) is 2.51. The van der Waals surface area contributed by atoms with Crippen molar-refractivity contribution in [3.63, 3.8) is 0 Å². The summed E-state index contributed by atoms with van der Waals surface area (Å²) < 4.78 is 10.5. The number of nitrogens with two attached hydrogens (primary N) is 1. The molecule has 2 heterocycles. The van der Waals surface area contributed by atoms with E-state index in [1.807, 2.05) is 0 Å². The van der Waals surface area contributed by atoms with Crippen molar-refractivity contribution in [1.82, 2.24) is 9.88 Å². The van der Waals surface area contributed by atoms with Gasteiger partial charge in [0.2, 0.25) is 0 Å². The van der Waals surface area contributed by atoms with E-state index >= 15 is 0 Å². The van der Waals surface area contributed by atoms with Gasteiger partial charge in [-0.15, -0.1) is 11.3 Å². The minimum atomic E-state index is -4.35. The third kappa shape index (κ3) is 7.20. The van der Waals surface area contributed by atoms with Gasteiger partial charge in [0, 0.05) is 24.4 Å². The Morgan fingerprint density at radius 2 is 1.95 bits per heavy atom. The van der Waals surface area contributed by atoms with Crippen LogP contribution < -0.4 is 74.6 Å². The number of nitrogen functional groups attached to an aromatic ring is 1. The van der Waals surface area contributed by atoms with E-state index in [1.54, 1.807) is 0 Å². The smallest absolute Gasteiger partial charge is 0.811 e. The van der Waals surface area contributed by atoms with Crippen molar-refractivity contribution in [3.05, 3.63) is 10.6 Å². The summed E-state index contributed by atoms with van der Waals surface area (Å²) in [5, 5.41) is 0.618. The zero-order valence-electron chi connectivity index (χ0n) is 12.0. The van der Waals surface area contributed by atoms with Crippen molar-refractivity contribution < 1.29 is 73.5 Å². The van der Waals surface area contributed by atoms with Crippen LogP contribution in [0.3, 0.4) is 0 Å². The van der Waals surface area contributed by atoms with Gasteiger partial charge in [0.05, 0.1) is 5.69 Å². The van der Waals surface area contributed by atoms with Crippen LogP contribution >= 0.6 is 18.9 Å². The van der Waals surface area contributed by atoms with E-state index in [0.29, 0.717) is 18.1 Å². The fourth-order valence-corrected chi connectivity index (χ4v) is 3.54. The number of fused-ring (bicyclic) bond motifs is 1. The maximum absolute atomic E-state index is 10.5. The van der Waals surface area contributed by atoms with Crippen molar-refractivity contribution in [2.75, 3.05) is 31.5 Å². The summed E-state index contributed by atoms with van der Waals surface area (Å²) in [6.45, 7) is 2.37. The van der Waals surface area contributed by atoms with Crippen LogP contribution in [0, 0.1) is 0 Å². The first kappa shape index (κ1) is 21.5. The van der Waals surface area contributed by atoms with E-state index in [4.69, 9.17) is 5.73 Å². The molecule has 102 valence electrons. The molecule has 0 amide bonds. The number of aromatic nitrogens is 1. The van der Waals surface area contributed by atoms with Crippen LogP contribution in [0.1, 0.15) is 17.0 Å². The summed E-state index contributed by atoms with van der Waals surface area (Å²) in [4.78, 5) is 28.8. The molecule has 1 aliphatic heterocycles. The van der Waals surface area contributed by atoms with Gasteiger partial charge in [-0.05, 0) is 25.5 Å². The molecule has 1 aromatic rings. The molecule has 0 bridgehead atoms. The Morgan fingerprint density at radius 3 is 2.60 bits per heavy atom. The molecule has 2 N–H and O–H groups in total. The van der Waals surface area contributed by atoms with Crippen LogP contribution in [0.25, 0.3) is 0 Å². The third-order valence-corrected chi connectivity index (χ3v) is 4.87. The summed E-state index contributed by atoms with van der Waals surface area (Å²) in [5.74, 6) is 0.